The van der Waals surface area contributed by atoms with E-state index >= 15 is 0 Å². The van der Waals surface area contributed by atoms with Crippen LogP contribution in [-0.2, 0) is 0 Å². The first-order valence-electron chi connectivity index (χ1n) is 6.51. The summed E-state index contributed by atoms with van der Waals surface area (Å²) in [7, 11) is 0. The molecule has 0 radical (unpaired) electrons. The van der Waals surface area contributed by atoms with Crippen LogP contribution in [0.15, 0.2) is 0 Å². The molecule has 0 spiro atoms. The lowest BCUT2D eigenvalue weighted by Gasteiger charge is -2.09. The van der Waals surface area contributed by atoms with Crippen LogP contribution in [0.25, 0.3) is 0 Å². The van der Waals surface area contributed by atoms with Crippen LogP contribution >= 0.6 is 0 Å². The highest BCUT2D eigenvalue weighted by molar-refractivity contribution is 5.45. The van der Waals surface area contributed by atoms with Crippen molar-refractivity contribution >= 4 is 5.69 Å². The van der Waals surface area contributed by atoms with Crippen LogP contribution in [-0.4, -0.2) is 11.5 Å². The number of hydrogen-bond acceptors (Lipinski definition) is 2. The van der Waals surface area contributed by atoms with Crippen molar-refractivity contribution in [2.75, 3.05) is 11.9 Å². The molecule has 0 bridgehead atoms. The van der Waals surface area contributed by atoms with Gasteiger partial charge in [-0.1, -0.05) is 39.0 Å². The third-order valence-corrected chi connectivity index (χ3v) is 2.83. The molecule has 6 heteroatoms. The molecule has 1 aromatic rings. The smallest absolute Gasteiger partial charge is 0.253 e. The van der Waals surface area contributed by atoms with E-state index in [1.807, 2.05) is 0 Å². The highest BCUT2D eigenvalue weighted by Crippen LogP contribution is 2.22. The summed E-state index contributed by atoms with van der Waals surface area (Å²) in [5.41, 5.74) is -0.779. The monoisotopic (exact) mass is 278 g/mol. The van der Waals surface area contributed by atoms with E-state index in [0.717, 1.165) is 32.1 Å². The van der Waals surface area contributed by atoms with Crippen LogP contribution in [0.4, 0.5) is 23.2 Å². The van der Waals surface area contributed by atoms with E-state index in [9.17, 15) is 17.6 Å². The van der Waals surface area contributed by atoms with Crippen molar-refractivity contribution in [1.82, 2.24) is 4.98 Å². The maximum atomic E-state index is 13.2. The van der Waals surface area contributed by atoms with Gasteiger partial charge in [0.1, 0.15) is 5.69 Å². The molecule has 1 heterocycles. The minimum absolute atomic E-state index is 0.267. The normalized spacial score (nSPS) is 10.8. The lowest BCUT2D eigenvalue weighted by atomic mass is 10.1. The predicted molar refractivity (Wildman–Crippen MR) is 65.9 cm³/mol. The van der Waals surface area contributed by atoms with Crippen molar-refractivity contribution in [2.24, 2.45) is 0 Å². The fourth-order valence-electron chi connectivity index (χ4n) is 1.76. The molecule has 0 amide bonds. The van der Waals surface area contributed by atoms with Crippen LogP contribution in [0.3, 0.4) is 0 Å². The molecule has 19 heavy (non-hydrogen) atoms. The first kappa shape index (κ1) is 15.7. The quantitative estimate of drug-likeness (QED) is 0.433. The maximum Gasteiger partial charge on any atom is 0.253 e. The number of nitrogens with zero attached hydrogens (tertiary/aromatic N) is 1. The van der Waals surface area contributed by atoms with Gasteiger partial charge in [-0.15, -0.1) is 0 Å². The van der Waals surface area contributed by atoms with Crippen molar-refractivity contribution in [3.8, 4) is 0 Å². The van der Waals surface area contributed by atoms with Crippen molar-refractivity contribution in [2.45, 2.75) is 45.4 Å². The standard InChI is InChI=1S/C13H18F4N2/c1-2-3-4-5-6-7-8-18-11-9(14)12(16)19-13(17)10(11)15/h2-8H2,1H3,(H,18,19). The number of rotatable bonds is 8. The molecule has 1 aromatic heterocycles. The largest absolute Gasteiger partial charge is 0.380 e. The molecule has 0 aliphatic rings. The zero-order valence-corrected chi connectivity index (χ0v) is 10.9. The average Bonchev–Trinajstić information content (AvgIpc) is 2.39. The number of pyridine rings is 1. The third kappa shape index (κ3) is 4.69. The van der Waals surface area contributed by atoms with Gasteiger partial charge in [0.15, 0.2) is 0 Å². The fourth-order valence-corrected chi connectivity index (χ4v) is 1.76. The zero-order valence-electron chi connectivity index (χ0n) is 10.9. The lowest BCUT2D eigenvalue weighted by Crippen LogP contribution is -2.10. The Balaban J connectivity index is 2.41. The molecule has 108 valence electrons. The third-order valence-electron chi connectivity index (χ3n) is 2.83. The highest BCUT2D eigenvalue weighted by atomic mass is 19.2. The topological polar surface area (TPSA) is 24.9 Å². The molecule has 0 aliphatic carbocycles. The Kier molecular flexibility index (Phi) is 6.59. The van der Waals surface area contributed by atoms with Crippen molar-refractivity contribution in [1.29, 1.82) is 0 Å². The molecule has 0 fully saturated rings. The molecule has 0 atom stereocenters. The predicted octanol–water partition coefficient (Wildman–Crippen LogP) is 4.41. The summed E-state index contributed by atoms with van der Waals surface area (Å²) >= 11 is 0. The summed E-state index contributed by atoms with van der Waals surface area (Å²) < 4.78 is 52.0. The Morgan fingerprint density at radius 3 is 1.95 bits per heavy atom. The van der Waals surface area contributed by atoms with Crippen LogP contribution < -0.4 is 5.32 Å². The van der Waals surface area contributed by atoms with Gasteiger partial charge in [-0.2, -0.15) is 22.5 Å². The second kappa shape index (κ2) is 7.96. The molecule has 0 unspecified atom stereocenters. The number of aromatic nitrogens is 1. The van der Waals surface area contributed by atoms with Crippen LogP contribution in [0.5, 0.6) is 0 Å². The van der Waals surface area contributed by atoms with Gasteiger partial charge in [-0.25, -0.2) is 0 Å². The maximum absolute atomic E-state index is 13.2. The number of nitrogens with one attached hydrogen (secondary N) is 1. The number of hydrogen-bond donors (Lipinski definition) is 1. The second-order valence-corrected chi connectivity index (χ2v) is 4.39. The van der Waals surface area contributed by atoms with Crippen LogP contribution in [0.1, 0.15) is 45.4 Å². The van der Waals surface area contributed by atoms with Crippen molar-refractivity contribution in [3.63, 3.8) is 0 Å². The van der Waals surface area contributed by atoms with Crippen molar-refractivity contribution in [3.05, 3.63) is 23.5 Å². The van der Waals surface area contributed by atoms with E-state index in [1.165, 1.54) is 0 Å². The van der Waals surface area contributed by atoms with E-state index in [2.05, 4.69) is 17.2 Å². The molecular formula is C13H18F4N2. The molecule has 0 saturated heterocycles. The molecule has 1 rings (SSSR count). The van der Waals surface area contributed by atoms with E-state index in [0.29, 0.717) is 6.42 Å². The van der Waals surface area contributed by atoms with Gasteiger partial charge in [-0.05, 0) is 6.42 Å². The van der Waals surface area contributed by atoms with E-state index in [4.69, 9.17) is 0 Å². The summed E-state index contributed by atoms with van der Waals surface area (Å²) in [6.07, 6.45) is 6.07. The molecule has 1 N–H and O–H groups in total. The van der Waals surface area contributed by atoms with Crippen LogP contribution in [0, 0.1) is 23.5 Å². The van der Waals surface area contributed by atoms with E-state index in [-0.39, 0.29) is 6.54 Å². The molecule has 0 saturated carbocycles. The summed E-state index contributed by atoms with van der Waals surface area (Å²) in [6.45, 7) is 2.38. The summed E-state index contributed by atoms with van der Waals surface area (Å²) in [5, 5.41) is 2.38. The number of unbranched alkanes of at least 4 members (excludes halogenated alkanes) is 5. The first-order valence-corrected chi connectivity index (χ1v) is 6.51. The zero-order chi connectivity index (χ0) is 14.3. The fraction of sp³-hybridized carbons (Fsp3) is 0.615. The van der Waals surface area contributed by atoms with E-state index in [1.54, 1.807) is 0 Å². The summed E-state index contributed by atoms with van der Waals surface area (Å²) in [4.78, 5) is 2.49. The Morgan fingerprint density at radius 2 is 1.37 bits per heavy atom. The minimum atomic E-state index is -1.63. The molecule has 2 nitrogen and oxygen atoms in total. The van der Waals surface area contributed by atoms with Gasteiger partial charge in [-0.3, -0.25) is 0 Å². The Hall–Kier alpha value is -1.33. The van der Waals surface area contributed by atoms with Gasteiger partial charge < -0.3 is 5.32 Å². The SMILES string of the molecule is CCCCCCCCNc1c(F)c(F)nc(F)c1F. The first-order chi connectivity index (χ1) is 9.07. The average molecular weight is 278 g/mol. The molecular weight excluding hydrogens is 260 g/mol. The second-order valence-electron chi connectivity index (χ2n) is 4.39. The Morgan fingerprint density at radius 1 is 0.842 bits per heavy atom. The Bertz CT molecular complexity index is 384. The minimum Gasteiger partial charge on any atom is -0.380 e. The van der Waals surface area contributed by atoms with Crippen molar-refractivity contribution < 1.29 is 17.6 Å². The van der Waals surface area contributed by atoms with Gasteiger partial charge in [0, 0.05) is 6.54 Å². The van der Waals surface area contributed by atoms with Gasteiger partial charge in [0.25, 0.3) is 11.9 Å². The summed E-state index contributed by atoms with van der Waals surface area (Å²) in [6, 6.07) is 0. The highest BCUT2D eigenvalue weighted by Gasteiger charge is 2.19. The van der Waals surface area contributed by atoms with Gasteiger partial charge >= 0.3 is 0 Å². The number of anilines is 1. The lowest BCUT2D eigenvalue weighted by molar-refractivity contribution is 0.410. The number of halogens is 4. The molecule has 0 aliphatic heterocycles. The van der Waals surface area contributed by atoms with Gasteiger partial charge in [0.2, 0.25) is 11.6 Å². The molecule has 0 aromatic carbocycles. The van der Waals surface area contributed by atoms with Crippen LogP contribution in [0.2, 0.25) is 0 Å². The summed E-state index contributed by atoms with van der Waals surface area (Å²) in [5.74, 6) is -6.23. The van der Waals surface area contributed by atoms with E-state index < -0.39 is 29.2 Å². The van der Waals surface area contributed by atoms with Gasteiger partial charge in [0.05, 0.1) is 0 Å². The Labute approximate surface area is 110 Å².